The second-order valence-corrected chi connectivity index (χ2v) is 5.23. The van der Waals surface area contributed by atoms with Gasteiger partial charge in [0, 0.05) is 12.5 Å². The summed E-state index contributed by atoms with van der Waals surface area (Å²) in [5.41, 5.74) is 0.359. The molecular weight excluding hydrogens is 162 g/mol. The predicted octanol–water partition coefficient (Wildman–Crippen LogP) is 2.34. The van der Waals surface area contributed by atoms with Gasteiger partial charge in [0.1, 0.15) is 0 Å². The molecule has 0 radical (unpaired) electrons. The first-order valence-corrected chi connectivity index (χ1v) is 5.27. The Morgan fingerprint density at radius 3 is 2.69 bits per heavy atom. The molecule has 1 rings (SSSR count). The fraction of sp³-hybridized carbons (Fsp3) is 0.909. The van der Waals surface area contributed by atoms with Crippen molar-refractivity contribution < 1.29 is 4.79 Å². The molecule has 2 nitrogen and oxygen atoms in total. The molecule has 1 atom stereocenters. The lowest BCUT2D eigenvalue weighted by molar-refractivity contribution is -0.126. The third-order valence-electron chi connectivity index (χ3n) is 2.64. The monoisotopic (exact) mass is 183 g/mol. The molecular formula is C11H21NO. The summed E-state index contributed by atoms with van der Waals surface area (Å²) in [5.74, 6) is 0.559. The molecule has 1 N–H and O–H groups in total. The lowest BCUT2D eigenvalue weighted by Gasteiger charge is -2.25. The largest absolute Gasteiger partial charge is 0.356 e. The summed E-state index contributed by atoms with van der Waals surface area (Å²) >= 11 is 0. The molecule has 0 aliphatic carbocycles. The van der Waals surface area contributed by atoms with Crippen LogP contribution >= 0.6 is 0 Å². The van der Waals surface area contributed by atoms with Crippen LogP contribution in [0.15, 0.2) is 0 Å². The Morgan fingerprint density at radius 1 is 1.46 bits per heavy atom. The van der Waals surface area contributed by atoms with Gasteiger partial charge >= 0.3 is 0 Å². The molecule has 76 valence electrons. The van der Waals surface area contributed by atoms with E-state index in [0.29, 0.717) is 5.41 Å². The van der Waals surface area contributed by atoms with E-state index in [4.69, 9.17) is 0 Å². The molecule has 13 heavy (non-hydrogen) atoms. The first-order chi connectivity index (χ1) is 5.99. The number of amides is 1. The summed E-state index contributed by atoms with van der Waals surface area (Å²) in [6.45, 7) is 7.57. The van der Waals surface area contributed by atoms with Gasteiger partial charge in [-0.05, 0) is 31.1 Å². The van der Waals surface area contributed by atoms with Crippen LogP contribution in [0, 0.1) is 11.3 Å². The second kappa shape index (κ2) is 4.12. The van der Waals surface area contributed by atoms with Gasteiger partial charge in [-0.2, -0.15) is 0 Å². The Labute approximate surface area is 81.1 Å². The normalized spacial score (nSPS) is 24.2. The number of nitrogens with one attached hydrogen (secondary N) is 1. The fourth-order valence-corrected chi connectivity index (χ4v) is 1.72. The van der Waals surface area contributed by atoms with Gasteiger partial charge < -0.3 is 5.32 Å². The van der Waals surface area contributed by atoms with Crippen LogP contribution in [0.4, 0.5) is 0 Å². The minimum absolute atomic E-state index is 0.274. The van der Waals surface area contributed by atoms with Crippen molar-refractivity contribution in [3.63, 3.8) is 0 Å². The van der Waals surface area contributed by atoms with Crippen LogP contribution in [0.5, 0.6) is 0 Å². The van der Waals surface area contributed by atoms with Crippen LogP contribution in [-0.4, -0.2) is 12.5 Å². The highest BCUT2D eigenvalue weighted by Gasteiger charge is 2.23. The Balaban J connectivity index is 2.31. The zero-order chi connectivity index (χ0) is 9.90. The zero-order valence-electron chi connectivity index (χ0n) is 9.02. The van der Waals surface area contributed by atoms with Crippen LogP contribution in [0.1, 0.15) is 46.5 Å². The molecule has 1 aliphatic heterocycles. The van der Waals surface area contributed by atoms with E-state index in [1.165, 1.54) is 0 Å². The van der Waals surface area contributed by atoms with Crippen LogP contribution < -0.4 is 5.32 Å². The van der Waals surface area contributed by atoms with Crippen LogP contribution in [-0.2, 0) is 4.79 Å². The number of hydrogen-bond acceptors (Lipinski definition) is 1. The maximum atomic E-state index is 11.4. The van der Waals surface area contributed by atoms with Crippen molar-refractivity contribution in [1.29, 1.82) is 0 Å². The molecule has 0 aromatic heterocycles. The average Bonchev–Trinajstić information content (AvgIpc) is 2.01. The van der Waals surface area contributed by atoms with E-state index < -0.39 is 0 Å². The lowest BCUT2D eigenvalue weighted by atomic mass is 9.84. The van der Waals surface area contributed by atoms with E-state index in [-0.39, 0.29) is 11.8 Å². The minimum Gasteiger partial charge on any atom is -0.356 e. The molecule has 2 heteroatoms. The number of rotatable bonds is 2. The van der Waals surface area contributed by atoms with Crippen molar-refractivity contribution in [2.24, 2.45) is 11.3 Å². The maximum absolute atomic E-state index is 11.4. The maximum Gasteiger partial charge on any atom is 0.223 e. The van der Waals surface area contributed by atoms with Crippen molar-refractivity contribution in [3.05, 3.63) is 0 Å². The van der Waals surface area contributed by atoms with Gasteiger partial charge in [-0.3, -0.25) is 4.79 Å². The third-order valence-corrected chi connectivity index (χ3v) is 2.64. The molecule has 1 amide bonds. The smallest absolute Gasteiger partial charge is 0.223 e. The molecule has 1 unspecified atom stereocenters. The molecule has 1 aliphatic rings. The molecule has 1 saturated heterocycles. The van der Waals surface area contributed by atoms with E-state index in [2.05, 4.69) is 26.1 Å². The Kier molecular flexibility index (Phi) is 3.34. The highest BCUT2D eigenvalue weighted by molar-refractivity contribution is 5.79. The quantitative estimate of drug-likeness (QED) is 0.699. The van der Waals surface area contributed by atoms with E-state index in [1.54, 1.807) is 0 Å². The molecule has 0 aromatic rings. The summed E-state index contributed by atoms with van der Waals surface area (Å²) in [4.78, 5) is 11.4. The van der Waals surface area contributed by atoms with Crippen molar-refractivity contribution in [1.82, 2.24) is 5.32 Å². The molecule has 0 bridgehead atoms. The molecule has 0 aromatic carbocycles. The Bertz CT molecular complexity index is 181. The molecule has 1 heterocycles. The Hall–Kier alpha value is -0.530. The number of hydrogen-bond donors (Lipinski definition) is 1. The van der Waals surface area contributed by atoms with Crippen molar-refractivity contribution in [2.45, 2.75) is 46.5 Å². The number of carbonyl (C=O) groups is 1. The average molecular weight is 183 g/mol. The van der Waals surface area contributed by atoms with Crippen molar-refractivity contribution in [2.75, 3.05) is 6.54 Å². The van der Waals surface area contributed by atoms with Gasteiger partial charge in [-0.15, -0.1) is 0 Å². The standard InChI is InChI=1S/C11H21NO/c1-11(2,3)7-6-9-5-4-8-12-10(9)13/h9H,4-8H2,1-3H3,(H,12,13). The molecule has 0 saturated carbocycles. The third kappa shape index (κ3) is 3.79. The predicted molar refractivity (Wildman–Crippen MR) is 54.4 cm³/mol. The lowest BCUT2D eigenvalue weighted by Crippen LogP contribution is -2.36. The van der Waals surface area contributed by atoms with Crippen molar-refractivity contribution >= 4 is 5.91 Å². The SMILES string of the molecule is CC(C)(C)CCC1CCCNC1=O. The van der Waals surface area contributed by atoms with Crippen LogP contribution in [0.3, 0.4) is 0 Å². The van der Waals surface area contributed by atoms with Gasteiger partial charge in [-0.1, -0.05) is 20.8 Å². The first kappa shape index (κ1) is 10.6. The Morgan fingerprint density at radius 2 is 2.15 bits per heavy atom. The van der Waals surface area contributed by atoms with E-state index in [0.717, 1.165) is 32.2 Å². The number of piperidine rings is 1. The van der Waals surface area contributed by atoms with Gasteiger partial charge in [-0.25, -0.2) is 0 Å². The summed E-state index contributed by atoms with van der Waals surface area (Å²) < 4.78 is 0. The van der Waals surface area contributed by atoms with Crippen LogP contribution in [0.2, 0.25) is 0 Å². The van der Waals surface area contributed by atoms with Gasteiger partial charge in [0.25, 0.3) is 0 Å². The number of carbonyl (C=O) groups excluding carboxylic acids is 1. The van der Waals surface area contributed by atoms with E-state index in [1.807, 2.05) is 0 Å². The van der Waals surface area contributed by atoms with Crippen molar-refractivity contribution in [3.8, 4) is 0 Å². The first-order valence-electron chi connectivity index (χ1n) is 5.27. The van der Waals surface area contributed by atoms with E-state index in [9.17, 15) is 4.79 Å². The highest BCUT2D eigenvalue weighted by atomic mass is 16.1. The topological polar surface area (TPSA) is 29.1 Å². The highest BCUT2D eigenvalue weighted by Crippen LogP contribution is 2.26. The molecule has 1 fully saturated rings. The summed E-state index contributed by atoms with van der Waals surface area (Å²) in [5, 5.41) is 2.93. The van der Waals surface area contributed by atoms with Gasteiger partial charge in [0.05, 0.1) is 0 Å². The fourth-order valence-electron chi connectivity index (χ4n) is 1.72. The zero-order valence-corrected chi connectivity index (χ0v) is 9.02. The summed E-state index contributed by atoms with van der Waals surface area (Å²) in [6.07, 6.45) is 4.43. The minimum atomic E-state index is 0.274. The summed E-state index contributed by atoms with van der Waals surface area (Å²) in [7, 11) is 0. The van der Waals surface area contributed by atoms with Crippen LogP contribution in [0.25, 0.3) is 0 Å². The van der Waals surface area contributed by atoms with Gasteiger partial charge in [0.2, 0.25) is 5.91 Å². The summed E-state index contributed by atoms with van der Waals surface area (Å²) in [6, 6.07) is 0. The molecule has 0 spiro atoms. The van der Waals surface area contributed by atoms with E-state index >= 15 is 0 Å². The van der Waals surface area contributed by atoms with Gasteiger partial charge in [0.15, 0.2) is 0 Å². The second-order valence-electron chi connectivity index (χ2n) is 5.23.